The van der Waals surface area contributed by atoms with Crippen LogP contribution in [0.25, 0.3) is 16.8 Å². The van der Waals surface area contributed by atoms with Crippen LogP contribution >= 0.6 is 0 Å². The number of aromatic nitrogens is 1. The first kappa shape index (κ1) is 23.3. The SMILES string of the molecule is C1CCNC1.CNc1ccc(-n2ccc(-c3ccc(C(F)(F)F)cc3)cc2=O)cc1C=N. The van der Waals surface area contributed by atoms with E-state index in [1.165, 1.54) is 54.9 Å². The van der Waals surface area contributed by atoms with Crippen molar-refractivity contribution in [1.82, 2.24) is 9.88 Å². The number of halogens is 3. The van der Waals surface area contributed by atoms with Gasteiger partial charge in [0.2, 0.25) is 0 Å². The lowest BCUT2D eigenvalue weighted by Gasteiger charge is -2.11. The molecule has 0 bridgehead atoms. The lowest BCUT2D eigenvalue weighted by molar-refractivity contribution is -0.137. The molecular formula is C24H25F3N4O. The molecule has 2 heterocycles. The molecule has 3 N–H and O–H groups in total. The normalized spacial score (nSPS) is 13.2. The molecular weight excluding hydrogens is 417 g/mol. The highest BCUT2D eigenvalue weighted by Gasteiger charge is 2.29. The maximum atomic E-state index is 12.7. The first-order valence-electron chi connectivity index (χ1n) is 10.3. The molecule has 3 aromatic rings. The molecule has 0 radical (unpaired) electrons. The van der Waals surface area contributed by atoms with Crippen molar-refractivity contribution in [2.45, 2.75) is 19.0 Å². The van der Waals surface area contributed by atoms with Gasteiger partial charge >= 0.3 is 6.18 Å². The number of rotatable bonds is 4. The fraction of sp³-hybridized carbons (Fsp3) is 0.250. The number of nitrogens with one attached hydrogen (secondary N) is 3. The van der Waals surface area contributed by atoms with E-state index in [1.807, 2.05) is 0 Å². The molecule has 8 heteroatoms. The van der Waals surface area contributed by atoms with Gasteiger partial charge in [-0.1, -0.05) is 12.1 Å². The minimum atomic E-state index is -4.39. The molecule has 1 aliphatic rings. The lowest BCUT2D eigenvalue weighted by atomic mass is 10.0. The average Bonchev–Trinajstić information content (AvgIpc) is 3.38. The average molecular weight is 442 g/mol. The Morgan fingerprint density at radius 1 is 1.00 bits per heavy atom. The zero-order chi connectivity index (χ0) is 23.1. The van der Waals surface area contributed by atoms with E-state index in [2.05, 4.69) is 10.6 Å². The summed E-state index contributed by atoms with van der Waals surface area (Å²) in [5.74, 6) is 0. The number of nitrogens with zero attached hydrogens (tertiary/aromatic N) is 1. The Balaban J connectivity index is 0.000000509. The molecule has 1 saturated heterocycles. The summed E-state index contributed by atoms with van der Waals surface area (Å²) < 4.78 is 39.4. The van der Waals surface area contributed by atoms with Crippen LogP contribution < -0.4 is 16.2 Å². The van der Waals surface area contributed by atoms with Crippen LogP contribution in [0.15, 0.2) is 65.6 Å². The van der Waals surface area contributed by atoms with E-state index in [-0.39, 0.29) is 5.56 Å². The summed E-state index contributed by atoms with van der Waals surface area (Å²) in [4.78, 5) is 12.5. The summed E-state index contributed by atoms with van der Waals surface area (Å²) in [6.45, 7) is 2.50. The Labute approximate surface area is 184 Å². The van der Waals surface area contributed by atoms with Crippen LogP contribution in [0.3, 0.4) is 0 Å². The van der Waals surface area contributed by atoms with Gasteiger partial charge in [0.05, 0.1) is 5.56 Å². The fourth-order valence-electron chi connectivity index (χ4n) is 3.40. The number of hydrogen-bond acceptors (Lipinski definition) is 4. The highest BCUT2D eigenvalue weighted by atomic mass is 19.4. The van der Waals surface area contributed by atoms with E-state index in [0.29, 0.717) is 22.4 Å². The molecule has 0 atom stereocenters. The third-order valence-corrected chi connectivity index (χ3v) is 5.16. The van der Waals surface area contributed by atoms with Crippen molar-refractivity contribution in [3.63, 3.8) is 0 Å². The molecule has 0 unspecified atom stereocenters. The Bertz CT molecular complexity index is 1110. The molecule has 1 fully saturated rings. The van der Waals surface area contributed by atoms with Crippen LogP contribution in [0.5, 0.6) is 0 Å². The van der Waals surface area contributed by atoms with Crippen LogP contribution in [0.2, 0.25) is 0 Å². The molecule has 4 rings (SSSR count). The van der Waals surface area contributed by atoms with Gasteiger partial charge in [-0.2, -0.15) is 13.2 Å². The number of benzene rings is 2. The molecule has 1 aromatic heterocycles. The minimum absolute atomic E-state index is 0.319. The van der Waals surface area contributed by atoms with Crippen molar-refractivity contribution < 1.29 is 13.2 Å². The van der Waals surface area contributed by atoms with Gasteiger partial charge in [0.25, 0.3) is 5.56 Å². The number of hydrogen-bond donors (Lipinski definition) is 3. The summed E-state index contributed by atoms with van der Waals surface area (Å²) in [6, 6.07) is 12.9. The molecule has 0 amide bonds. The molecule has 0 saturated carbocycles. The molecule has 0 aliphatic carbocycles. The first-order valence-corrected chi connectivity index (χ1v) is 10.3. The molecule has 0 spiro atoms. The van der Waals surface area contributed by atoms with Gasteiger partial charge in [-0.05, 0) is 73.5 Å². The summed E-state index contributed by atoms with van der Waals surface area (Å²) in [5, 5.41) is 13.7. The van der Waals surface area contributed by atoms with Crippen LogP contribution in [0.1, 0.15) is 24.0 Å². The largest absolute Gasteiger partial charge is 0.416 e. The maximum absolute atomic E-state index is 12.7. The van der Waals surface area contributed by atoms with Crippen LogP contribution in [0, 0.1) is 5.41 Å². The second-order valence-corrected chi connectivity index (χ2v) is 7.32. The van der Waals surface area contributed by atoms with Gasteiger partial charge in [0.15, 0.2) is 0 Å². The number of pyridine rings is 1. The summed E-state index contributed by atoms with van der Waals surface area (Å²) >= 11 is 0. The zero-order valence-electron chi connectivity index (χ0n) is 17.7. The van der Waals surface area contributed by atoms with Crippen molar-refractivity contribution in [3.8, 4) is 16.8 Å². The minimum Gasteiger partial charge on any atom is -0.388 e. The van der Waals surface area contributed by atoms with Gasteiger partial charge in [0, 0.05) is 42.5 Å². The predicted octanol–water partition coefficient (Wildman–Crippen LogP) is 4.93. The van der Waals surface area contributed by atoms with Gasteiger partial charge < -0.3 is 16.0 Å². The Morgan fingerprint density at radius 2 is 1.69 bits per heavy atom. The smallest absolute Gasteiger partial charge is 0.388 e. The molecule has 1 aliphatic heterocycles. The van der Waals surface area contributed by atoms with Crippen molar-refractivity contribution in [1.29, 1.82) is 5.41 Å². The van der Waals surface area contributed by atoms with Crippen LogP contribution in [0.4, 0.5) is 18.9 Å². The summed E-state index contributed by atoms with van der Waals surface area (Å²) in [5.41, 5.74) is 2.00. The fourth-order valence-corrected chi connectivity index (χ4v) is 3.40. The van der Waals surface area contributed by atoms with E-state index < -0.39 is 11.7 Å². The van der Waals surface area contributed by atoms with Crippen molar-refractivity contribution in [2.75, 3.05) is 25.5 Å². The predicted molar refractivity (Wildman–Crippen MR) is 122 cm³/mol. The zero-order valence-corrected chi connectivity index (χ0v) is 17.7. The molecule has 32 heavy (non-hydrogen) atoms. The van der Waals surface area contributed by atoms with Crippen molar-refractivity contribution >= 4 is 11.9 Å². The molecule has 168 valence electrons. The van der Waals surface area contributed by atoms with Gasteiger partial charge in [-0.3, -0.25) is 9.36 Å². The van der Waals surface area contributed by atoms with Crippen molar-refractivity contribution in [2.24, 2.45) is 0 Å². The highest BCUT2D eigenvalue weighted by Crippen LogP contribution is 2.30. The van der Waals surface area contributed by atoms with Crippen LogP contribution in [-0.2, 0) is 6.18 Å². The van der Waals surface area contributed by atoms with Gasteiger partial charge in [-0.25, -0.2) is 0 Å². The van der Waals surface area contributed by atoms with E-state index in [9.17, 15) is 18.0 Å². The third-order valence-electron chi connectivity index (χ3n) is 5.16. The van der Waals surface area contributed by atoms with E-state index in [4.69, 9.17) is 5.41 Å². The second kappa shape index (κ2) is 10.3. The molecule has 2 aromatic carbocycles. The summed E-state index contributed by atoms with van der Waals surface area (Å²) in [7, 11) is 1.74. The third kappa shape index (κ3) is 5.64. The van der Waals surface area contributed by atoms with Gasteiger partial charge in [0.1, 0.15) is 0 Å². The Hall–Kier alpha value is -3.39. The lowest BCUT2D eigenvalue weighted by Crippen LogP contribution is -2.17. The summed E-state index contributed by atoms with van der Waals surface area (Å²) in [6.07, 6.45) is 1.14. The Kier molecular flexibility index (Phi) is 7.48. The maximum Gasteiger partial charge on any atom is 0.416 e. The van der Waals surface area contributed by atoms with E-state index >= 15 is 0 Å². The number of anilines is 1. The van der Waals surface area contributed by atoms with E-state index in [0.717, 1.165) is 17.8 Å². The number of alkyl halides is 3. The standard InChI is InChI=1S/C20H16F3N3O.C4H9N/c1-25-18-7-6-17(10-15(18)12-24)26-9-8-14(11-19(26)27)13-2-4-16(5-3-13)20(21,22)23;1-2-4-5-3-1/h2-12,24-25H,1H3;5H,1-4H2. The first-order chi connectivity index (χ1) is 15.3. The van der Waals surface area contributed by atoms with Crippen molar-refractivity contribution in [3.05, 3.63) is 82.3 Å². The van der Waals surface area contributed by atoms with Crippen LogP contribution in [-0.4, -0.2) is 30.9 Å². The monoisotopic (exact) mass is 442 g/mol. The van der Waals surface area contributed by atoms with E-state index in [1.54, 1.807) is 37.5 Å². The Morgan fingerprint density at radius 3 is 2.19 bits per heavy atom. The highest BCUT2D eigenvalue weighted by molar-refractivity contribution is 5.86. The molecule has 5 nitrogen and oxygen atoms in total. The topological polar surface area (TPSA) is 69.9 Å². The van der Waals surface area contributed by atoms with Gasteiger partial charge in [-0.15, -0.1) is 0 Å². The quantitative estimate of drug-likeness (QED) is 0.502. The second-order valence-electron chi connectivity index (χ2n) is 7.32.